The third-order valence-electron chi connectivity index (χ3n) is 1.22. The topological polar surface area (TPSA) is 37.3 Å². The molecule has 2 heteroatoms. The fraction of sp³-hybridized carbons (Fsp3) is 0.100. The lowest BCUT2D eigenvalue weighted by Gasteiger charge is -1.91. The Morgan fingerprint density at radius 1 is 1.33 bits per heavy atom. The first-order valence-electron chi connectivity index (χ1n) is 3.57. The van der Waals surface area contributed by atoms with Gasteiger partial charge < -0.3 is 5.11 Å². The summed E-state index contributed by atoms with van der Waals surface area (Å²) in [6.45, 7) is 3.41. The number of benzene rings is 1. The maximum atomic E-state index is 8.36. The quantitative estimate of drug-likeness (QED) is 0.537. The molecule has 0 radical (unpaired) electrons. The van der Waals surface area contributed by atoms with Crippen molar-refractivity contribution < 1.29 is 9.90 Å². The van der Waals surface area contributed by atoms with Gasteiger partial charge in [0.15, 0.2) is 0 Å². The molecule has 0 aliphatic rings. The lowest BCUT2D eigenvalue weighted by molar-refractivity contribution is -0.122. The minimum Gasteiger partial charge on any atom is -0.483 e. The molecule has 0 saturated heterocycles. The minimum atomic E-state index is -0.250. The number of hydrogen-bond acceptors (Lipinski definition) is 1. The summed E-state index contributed by atoms with van der Waals surface area (Å²) in [6, 6.07) is 10.3. The first kappa shape index (κ1) is 10.4. The highest BCUT2D eigenvalue weighted by Gasteiger charge is 1.82. The molecular formula is C10H12O2. The summed E-state index contributed by atoms with van der Waals surface area (Å²) in [5.74, 6) is 0. The molecule has 12 heavy (non-hydrogen) atoms. The van der Waals surface area contributed by atoms with Gasteiger partial charge in [-0.15, -0.1) is 6.58 Å². The van der Waals surface area contributed by atoms with Crippen LogP contribution in [-0.2, 0) is 11.2 Å². The smallest absolute Gasteiger partial charge is 0.290 e. The number of rotatable bonds is 2. The zero-order valence-corrected chi connectivity index (χ0v) is 6.81. The molecule has 1 aromatic carbocycles. The van der Waals surface area contributed by atoms with Gasteiger partial charge in [0.2, 0.25) is 0 Å². The summed E-state index contributed by atoms with van der Waals surface area (Å²) < 4.78 is 0. The van der Waals surface area contributed by atoms with E-state index in [1.54, 1.807) is 0 Å². The molecule has 0 bridgehead atoms. The molecule has 0 heterocycles. The molecule has 64 valence electrons. The van der Waals surface area contributed by atoms with Crippen LogP contribution in [0.3, 0.4) is 0 Å². The van der Waals surface area contributed by atoms with E-state index >= 15 is 0 Å². The van der Waals surface area contributed by atoms with E-state index in [2.05, 4.69) is 18.7 Å². The molecule has 0 atom stereocenters. The highest BCUT2D eigenvalue weighted by Crippen LogP contribution is 1.98. The molecule has 0 aliphatic carbocycles. The summed E-state index contributed by atoms with van der Waals surface area (Å²) in [5, 5.41) is 6.89. The van der Waals surface area contributed by atoms with Gasteiger partial charge in [-0.2, -0.15) is 0 Å². The molecule has 0 aromatic heterocycles. The second-order valence-corrected chi connectivity index (χ2v) is 2.08. The van der Waals surface area contributed by atoms with Gasteiger partial charge in [-0.05, 0) is 12.0 Å². The molecule has 0 fully saturated rings. The Labute approximate surface area is 72.2 Å². The summed E-state index contributed by atoms with van der Waals surface area (Å²) in [4.78, 5) is 8.36. The van der Waals surface area contributed by atoms with Gasteiger partial charge in [0.1, 0.15) is 0 Å². The second kappa shape index (κ2) is 7.54. The van der Waals surface area contributed by atoms with Crippen molar-refractivity contribution in [3.63, 3.8) is 0 Å². The van der Waals surface area contributed by atoms with Gasteiger partial charge in [0.25, 0.3) is 6.47 Å². The maximum Gasteiger partial charge on any atom is 0.290 e. The van der Waals surface area contributed by atoms with Crippen LogP contribution in [0.4, 0.5) is 0 Å². The summed E-state index contributed by atoms with van der Waals surface area (Å²) >= 11 is 0. The summed E-state index contributed by atoms with van der Waals surface area (Å²) in [7, 11) is 0. The van der Waals surface area contributed by atoms with E-state index in [1.165, 1.54) is 5.56 Å². The van der Waals surface area contributed by atoms with Crippen molar-refractivity contribution in [2.24, 2.45) is 0 Å². The highest BCUT2D eigenvalue weighted by molar-refractivity contribution is 5.32. The summed E-state index contributed by atoms with van der Waals surface area (Å²) in [5.41, 5.74) is 1.33. The van der Waals surface area contributed by atoms with Gasteiger partial charge in [0.05, 0.1) is 0 Å². The van der Waals surface area contributed by atoms with Gasteiger partial charge in [-0.1, -0.05) is 36.4 Å². The van der Waals surface area contributed by atoms with E-state index in [9.17, 15) is 0 Å². The third kappa shape index (κ3) is 5.23. The van der Waals surface area contributed by atoms with Gasteiger partial charge in [-0.3, -0.25) is 4.79 Å². The first-order chi connectivity index (χ1) is 5.85. The normalized spacial score (nSPS) is 7.67. The van der Waals surface area contributed by atoms with Gasteiger partial charge in [-0.25, -0.2) is 0 Å². The van der Waals surface area contributed by atoms with Crippen LogP contribution in [0.2, 0.25) is 0 Å². The number of allylic oxidation sites excluding steroid dienone is 1. The van der Waals surface area contributed by atoms with E-state index in [1.807, 2.05) is 24.3 Å². The molecule has 2 nitrogen and oxygen atoms in total. The second-order valence-electron chi connectivity index (χ2n) is 2.08. The predicted molar refractivity (Wildman–Crippen MR) is 49.0 cm³/mol. The molecule has 0 unspecified atom stereocenters. The van der Waals surface area contributed by atoms with Crippen molar-refractivity contribution in [3.8, 4) is 0 Å². The summed E-state index contributed by atoms with van der Waals surface area (Å²) in [6.07, 6.45) is 2.89. The Balaban J connectivity index is 0.000000354. The number of carboxylic acid groups (broad SMARTS) is 1. The van der Waals surface area contributed by atoms with Crippen molar-refractivity contribution in [1.82, 2.24) is 0 Å². The molecule has 0 amide bonds. The SMILES string of the molecule is C=CCc1ccccc1.O=CO. The standard InChI is InChI=1S/C9H10.CH2O2/c1-2-6-9-7-4-3-5-8-9;2-1-3/h2-5,7-8H,1,6H2;1H,(H,2,3). The van der Waals surface area contributed by atoms with Crippen LogP contribution in [0.5, 0.6) is 0 Å². The molecule has 0 aliphatic heterocycles. The van der Waals surface area contributed by atoms with Gasteiger partial charge in [0, 0.05) is 0 Å². The van der Waals surface area contributed by atoms with E-state index in [0.29, 0.717) is 0 Å². The van der Waals surface area contributed by atoms with Gasteiger partial charge >= 0.3 is 0 Å². The fourth-order valence-corrected chi connectivity index (χ4v) is 0.781. The van der Waals surface area contributed by atoms with Crippen molar-refractivity contribution in [1.29, 1.82) is 0 Å². The van der Waals surface area contributed by atoms with Crippen LogP contribution < -0.4 is 0 Å². The van der Waals surface area contributed by atoms with Crippen molar-refractivity contribution in [3.05, 3.63) is 48.6 Å². The van der Waals surface area contributed by atoms with Crippen LogP contribution in [0.1, 0.15) is 5.56 Å². The van der Waals surface area contributed by atoms with Crippen molar-refractivity contribution in [2.75, 3.05) is 0 Å². The molecule has 0 spiro atoms. The molecule has 1 aromatic rings. The Morgan fingerprint density at radius 3 is 2.25 bits per heavy atom. The molecular weight excluding hydrogens is 152 g/mol. The molecule has 0 saturated carbocycles. The highest BCUT2D eigenvalue weighted by atomic mass is 16.3. The van der Waals surface area contributed by atoms with E-state index in [-0.39, 0.29) is 6.47 Å². The third-order valence-corrected chi connectivity index (χ3v) is 1.22. The van der Waals surface area contributed by atoms with E-state index < -0.39 is 0 Å². The fourth-order valence-electron chi connectivity index (χ4n) is 0.781. The number of carbonyl (C=O) groups is 1. The predicted octanol–water partition coefficient (Wildman–Crippen LogP) is 2.12. The van der Waals surface area contributed by atoms with Crippen LogP contribution in [0.25, 0.3) is 0 Å². The van der Waals surface area contributed by atoms with E-state index in [4.69, 9.17) is 9.90 Å². The lowest BCUT2D eigenvalue weighted by atomic mass is 10.2. The minimum absolute atomic E-state index is 0.250. The van der Waals surface area contributed by atoms with E-state index in [0.717, 1.165) is 6.42 Å². The number of hydrogen-bond donors (Lipinski definition) is 1. The molecule has 1 rings (SSSR count). The van der Waals surface area contributed by atoms with Crippen LogP contribution in [0, 0.1) is 0 Å². The van der Waals surface area contributed by atoms with Crippen LogP contribution in [-0.4, -0.2) is 11.6 Å². The Kier molecular flexibility index (Phi) is 6.55. The zero-order valence-electron chi connectivity index (χ0n) is 6.81. The first-order valence-corrected chi connectivity index (χ1v) is 3.57. The maximum absolute atomic E-state index is 8.36. The largest absolute Gasteiger partial charge is 0.483 e. The average Bonchev–Trinajstić information content (AvgIpc) is 2.08. The zero-order chi connectivity index (χ0) is 9.23. The molecule has 1 N–H and O–H groups in total. The lowest BCUT2D eigenvalue weighted by Crippen LogP contribution is -1.75. The monoisotopic (exact) mass is 164 g/mol. The van der Waals surface area contributed by atoms with Crippen LogP contribution in [0.15, 0.2) is 43.0 Å². The average molecular weight is 164 g/mol. The van der Waals surface area contributed by atoms with Crippen molar-refractivity contribution >= 4 is 6.47 Å². The Bertz CT molecular complexity index is 217. The van der Waals surface area contributed by atoms with Crippen LogP contribution >= 0.6 is 0 Å². The Morgan fingerprint density at radius 2 is 1.83 bits per heavy atom. The van der Waals surface area contributed by atoms with Crippen molar-refractivity contribution in [2.45, 2.75) is 6.42 Å². The Hall–Kier alpha value is -1.57.